The van der Waals surface area contributed by atoms with Crippen LogP contribution in [0.1, 0.15) is 86.5 Å². The molecule has 0 aromatic carbocycles. The first kappa shape index (κ1) is 30.8. The molecule has 1 aliphatic heterocycles. The molecule has 0 aromatic heterocycles. The summed E-state index contributed by atoms with van der Waals surface area (Å²) in [6, 6.07) is 0.348. The first-order valence-corrected chi connectivity index (χ1v) is 13.1. The zero-order valence-corrected chi connectivity index (χ0v) is 23.0. The van der Waals surface area contributed by atoms with Crippen molar-refractivity contribution in [2.45, 2.75) is 98.1 Å². The second-order valence-corrected chi connectivity index (χ2v) is 11.1. The number of rotatable bonds is 12. The molecule has 34 heavy (non-hydrogen) atoms. The molecule has 1 amide bonds. The number of carbonyl (C=O) groups is 1. The monoisotopic (exact) mass is 480 g/mol. The molecule has 1 aliphatic carbocycles. The lowest BCUT2D eigenvalue weighted by molar-refractivity contribution is -0.132. The fourth-order valence-corrected chi connectivity index (χ4v) is 4.19. The minimum atomic E-state index is -0.627. The Morgan fingerprint density at radius 1 is 1.21 bits per heavy atom. The zero-order chi connectivity index (χ0) is 25.8. The normalized spacial score (nSPS) is 18.2. The van der Waals surface area contributed by atoms with Crippen LogP contribution >= 0.6 is 0 Å². The molecule has 1 saturated heterocycles. The number of hydrogen-bond donors (Lipinski definition) is 2. The maximum absolute atomic E-state index is 12.9. The molecule has 2 rings (SSSR count). The van der Waals surface area contributed by atoms with Crippen LogP contribution in [0.15, 0.2) is 23.9 Å². The number of carbonyl (C=O) groups excluding carboxylic acids is 1. The van der Waals surface area contributed by atoms with E-state index in [4.69, 9.17) is 14.6 Å². The molecule has 0 aromatic rings. The van der Waals surface area contributed by atoms with Gasteiger partial charge in [0.05, 0.1) is 25.4 Å². The highest BCUT2D eigenvalue weighted by Crippen LogP contribution is 2.30. The molecular formula is C28H52N2O4. The third-order valence-corrected chi connectivity index (χ3v) is 7.37. The van der Waals surface area contributed by atoms with Gasteiger partial charge in [0.1, 0.15) is 0 Å². The van der Waals surface area contributed by atoms with Crippen LogP contribution in [0.2, 0.25) is 0 Å². The molecule has 198 valence electrons. The van der Waals surface area contributed by atoms with E-state index in [-0.39, 0.29) is 17.9 Å². The highest BCUT2D eigenvalue weighted by molar-refractivity contribution is 5.86. The van der Waals surface area contributed by atoms with Crippen LogP contribution in [-0.4, -0.2) is 67.6 Å². The quantitative estimate of drug-likeness (QED) is 0.301. The molecule has 2 aliphatic rings. The van der Waals surface area contributed by atoms with Crippen molar-refractivity contribution in [3.63, 3.8) is 0 Å². The molecule has 0 radical (unpaired) electrons. The van der Waals surface area contributed by atoms with Crippen LogP contribution < -0.4 is 5.32 Å². The van der Waals surface area contributed by atoms with Crippen LogP contribution in [-0.2, 0) is 14.3 Å². The third kappa shape index (κ3) is 10.2. The summed E-state index contributed by atoms with van der Waals surface area (Å²) in [4.78, 5) is 15.0. The lowest BCUT2D eigenvalue weighted by Gasteiger charge is -2.41. The Labute approximate surface area is 209 Å². The Hall–Kier alpha value is -1.21. The number of amides is 1. The number of ether oxygens (including phenoxy) is 2. The second kappa shape index (κ2) is 15.0. The molecule has 6 nitrogen and oxygen atoms in total. The van der Waals surface area contributed by atoms with E-state index >= 15 is 0 Å². The summed E-state index contributed by atoms with van der Waals surface area (Å²) in [5, 5.41) is 11.9. The van der Waals surface area contributed by atoms with Crippen molar-refractivity contribution < 1.29 is 19.4 Å². The van der Waals surface area contributed by atoms with Gasteiger partial charge < -0.3 is 19.9 Å². The Kier molecular flexibility index (Phi) is 13.6. The van der Waals surface area contributed by atoms with Crippen molar-refractivity contribution in [3.05, 3.63) is 23.9 Å². The van der Waals surface area contributed by atoms with Gasteiger partial charge in [0.25, 0.3) is 0 Å². The van der Waals surface area contributed by atoms with Gasteiger partial charge in [0.2, 0.25) is 5.91 Å². The molecule has 0 bridgehead atoms. The minimum absolute atomic E-state index is 0.00317. The predicted octanol–water partition coefficient (Wildman–Crippen LogP) is 5.07. The van der Waals surface area contributed by atoms with Gasteiger partial charge in [-0.3, -0.25) is 9.69 Å². The van der Waals surface area contributed by atoms with Crippen molar-refractivity contribution in [1.29, 1.82) is 0 Å². The summed E-state index contributed by atoms with van der Waals surface area (Å²) >= 11 is 0. The van der Waals surface area contributed by atoms with E-state index in [2.05, 4.69) is 23.7 Å². The molecule has 6 heteroatoms. The maximum atomic E-state index is 12.9. The van der Waals surface area contributed by atoms with E-state index in [1.165, 1.54) is 32.1 Å². The number of hydrogen-bond acceptors (Lipinski definition) is 5. The fraction of sp³-hybridized carbons (Fsp3) is 0.821. The average molecular weight is 481 g/mol. The van der Waals surface area contributed by atoms with E-state index < -0.39 is 5.54 Å². The van der Waals surface area contributed by atoms with Crippen LogP contribution in [0.3, 0.4) is 0 Å². The van der Waals surface area contributed by atoms with Gasteiger partial charge in [-0.2, -0.15) is 0 Å². The predicted molar refractivity (Wildman–Crippen MR) is 141 cm³/mol. The van der Waals surface area contributed by atoms with Gasteiger partial charge in [-0.1, -0.05) is 59.5 Å². The zero-order valence-electron chi connectivity index (χ0n) is 23.0. The summed E-state index contributed by atoms with van der Waals surface area (Å²) < 4.78 is 10.9. The summed E-state index contributed by atoms with van der Waals surface area (Å²) in [7, 11) is 2.01. The standard InChI is InChI=1S/C21H38N2O4.C7H14/c1-16(20(3,4)15-27-13-10-24)14-17(2)22-19(25)21(5,6)23(7)18-8-11-26-12-9-18;1-2-4-7-5-3-6-7/h14,18,24H,1,8-13,15H2,2-7H3,(H,22,25);7H,2-6H2,1H3/b17-14+;. The first-order chi connectivity index (χ1) is 16.0. The third-order valence-electron chi connectivity index (χ3n) is 7.37. The van der Waals surface area contributed by atoms with E-state index in [9.17, 15) is 4.79 Å². The van der Waals surface area contributed by atoms with Gasteiger partial charge in [-0.25, -0.2) is 0 Å². The van der Waals surface area contributed by atoms with Crippen molar-refractivity contribution >= 4 is 5.91 Å². The Balaban J connectivity index is 0.000000700. The smallest absolute Gasteiger partial charge is 0.244 e. The van der Waals surface area contributed by atoms with Crippen LogP contribution in [0.4, 0.5) is 0 Å². The fourth-order valence-electron chi connectivity index (χ4n) is 4.19. The van der Waals surface area contributed by atoms with E-state index in [0.717, 1.165) is 43.2 Å². The van der Waals surface area contributed by atoms with Crippen LogP contribution in [0.25, 0.3) is 0 Å². The largest absolute Gasteiger partial charge is 0.394 e. The number of nitrogens with zero attached hydrogens (tertiary/aromatic N) is 1. The molecule has 1 saturated carbocycles. The van der Waals surface area contributed by atoms with E-state index in [1.807, 2.05) is 47.7 Å². The van der Waals surface area contributed by atoms with Crippen molar-refractivity contribution in [1.82, 2.24) is 10.2 Å². The van der Waals surface area contributed by atoms with Crippen molar-refractivity contribution in [2.75, 3.05) is 40.1 Å². The van der Waals surface area contributed by atoms with Gasteiger partial charge in [-0.15, -0.1) is 0 Å². The van der Waals surface area contributed by atoms with Crippen LogP contribution in [0.5, 0.6) is 0 Å². The first-order valence-electron chi connectivity index (χ1n) is 13.1. The SMILES string of the molecule is C=C(/C=C(\C)NC(=O)C(C)(C)N(C)C1CCOCC1)C(C)(C)COCCO.CCCC1CCC1. The second-order valence-electron chi connectivity index (χ2n) is 11.1. The summed E-state index contributed by atoms with van der Waals surface area (Å²) in [5.74, 6) is 1.09. The van der Waals surface area contributed by atoms with E-state index in [1.54, 1.807) is 0 Å². The molecule has 0 atom stereocenters. The highest BCUT2D eigenvalue weighted by atomic mass is 16.5. The summed E-state index contributed by atoms with van der Waals surface area (Å²) in [5.41, 5.74) is 0.718. The lowest BCUT2D eigenvalue weighted by atomic mass is 9.82. The van der Waals surface area contributed by atoms with Crippen molar-refractivity contribution in [3.8, 4) is 0 Å². The van der Waals surface area contributed by atoms with Crippen LogP contribution in [0, 0.1) is 11.3 Å². The Morgan fingerprint density at radius 3 is 2.29 bits per heavy atom. The number of likely N-dealkylation sites (N-methyl/N-ethyl adjacent to an activating group) is 1. The van der Waals surface area contributed by atoms with E-state index in [0.29, 0.717) is 19.3 Å². The highest BCUT2D eigenvalue weighted by Gasteiger charge is 2.37. The maximum Gasteiger partial charge on any atom is 0.244 e. The van der Waals surface area contributed by atoms with Gasteiger partial charge in [0, 0.05) is 30.4 Å². The molecular weight excluding hydrogens is 428 g/mol. The van der Waals surface area contributed by atoms with Gasteiger partial charge >= 0.3 is 0 Å². The summed E-state index contributed by atoms with van der Waals surface area (Å²) in [6.45, 7) is 18.5. The number of allylic oxidation sites excluding steroid dienone is 2. The van der Waals surface area contributed by atoms with Crippen molar-refractivity contribution in [2.24, 2.45) is 11.3 Å². The molecule has 0 unspecified atom stereocenters. The summed E-state index contributed by atoms with van der Waals surface area (Å²) in [6.07, 6.45) is 11.2. The molecule has 1 heterocycles. The molecule has 0 spiro atoms. The minimum Gasteiger partial charge on any atom is -0.394 e. The molecule has 2 fully saturated rings. The number of nitrogens with one attached hydrogen (secondary N) is 1. The molecule has 2 N–H and O–H groups in total. The van der Waals surface area contributed by atoms with Gasteiger partial charge in [-0.05, 0) is 58.2 Å². The Morgan fingerprint density at radius 2 is 1.82 bits per heavy atom. The topological polar surface area (TPSA) is 71.0 Å². The number of aliphatic hydroxyl groups is 1. The lowest BCUT2D eigenvalue weighted by Crippen LogP contribution is -2.57. The number of aliphatic hydroxyl groups excluding tert-OH is 1. The van der Waals surface area contributed by atoms with Gasteiger partial charge in [0.15, 0.2) is 0 Å². The average Bonchev–Trinajstić information content (AvgIpc) is 2.76. The Bertz CT molecular complexity index is 647.